The van der Waals surface area contributed by atoms with Crippen LogP contribution in [0.25, 0.3) is 16.6 Å². The Balaban J connectivity index is 0.000000228. The minimum Gasteiger partial charge on any atom is -0.392 e. The third kappa shape index (κ3) is 7.52. The van der Waals surface area contributed by atoms with Gasteiger partial charge in [-0.25, -0.2) is 4.39 Å². The van der Waals surface area contributed by atoms with Gasteiger partial charge in [-0.1, -0.05) is 77.1 Å². The van der Waals surface area contributed by atoms with E-state index in [0.717, 1.165) is 30.8 Å². The number of nitrogens with zero attached hydrogens (tertiary/aromatic N) is 1. The van der Waals surface area contributed by atoms with Crippen molar-refractivity contribution in [2.24, 2.45) is 0 Å². The van der Waals surface area contributed by atoms with Gasteiger partial charge in [0.2, 0.25) is 0 Å². The molecular weight excluding hydrogens is 447 g/mol. The molecule has 194 valence electrons. The Labute approximate surface area is 217 Å². The normalized spacial score (nSPS) is 13.0. The van der Waals surface area contributed by atoms with E-state index < -0.39 is 0 Å². The lowest BCUT2D eigenvalue weighted by atomic mass is 9.87. The zero-order valence-electron chi connectivity index (χ0n) is 22.6. The molecule has 0 spiro atoms. The number of hydrogen-bond donors (Lipinski definition) is 2. The highest BCUT2D eigenvalue weighted by atomic mass is 19.1. The Kier molecular flexibility index (Phi) is 13.0. The largest absolute Gasteiger partial charge is 0.392 e. The number of rotatable bonds is 4. The van der Waals surface area contributed by atoms with Crippen LogP contribution in [-0.2, 0) is 13.0 Å². The summed E-state index contributed by atoms with van der Waals surface area (Å²) < 4.78 is 15.1. The van der Waals surface area contributed by atoms with Gasteiger partial charge in [0.05, 0.1) is 12.1 Å². The number of hydrogen-bond acceptors (Lipinski definition) is 2. The SMILES string of the molecule is CC.CC.CCc1cn(-c2ccc(F)cc2)c2ccccc12.OCc1ccccc1C1CCNCC1. The molecule has 1 saturated heterocycles. The van der Waals surface area contributed by atoms with Crippen LogP contribution in [0.1, 0.15) is 70.1 Å². The summed E-state index contributed by atoms with van der Waals surface area (Å²) in [6.45, 7) is 12.5. The van der Waals surface area contributed by atoms with Crippen LogP contribution in [0, 0.1) is 5.82 Å². The molecule has 3 nitrogen and oxygen atoms in total. The lowest BCUT2D eigenvalue weighted by Gasteiger charge is -2.24. The first-order valence-electron chi connectivity index (χ1n) is 13.5. The number of aliphatic hydroxyl groups is 1. The highest BCUT2D eigenvalue weighted by Crippen LogP contribution is 2.28. The van der Waals surface area contributed by atoms with E-state index in [4.69, 9.17) is 0 Å². The minimum absolute atomic E-state index is 0.167. The standard InChI is InChI=1S/C16H14FN.C12H17NO.2C2H6/c1-2-12-11-18(14-9-7-13(17)8-10-14)16-6-4-3-5-15(12)16;14-9-11-3-1-2-4-12(11)10-5-7-13-8-6-10;2*1-2/h3-11H,2H2,1H3;1-4,10,13-14H,5-9H2;2*1-2H3. The number of benzene rings is 3. The molecule has 0 atom stereocenters. The van der Waals surface area contributed by atoms with Gasteiger partial charge in [0, 0.05) is 17.3 Å². The fraction of sp³-hybridized carbons (Fsp3) is 0.375. The van der Waals surface area contributed by atoms with E-state index in [1.165, 1.54) is 47.0 Å². The first-order valence-corrected chi connectivity index (χ1v) is 13.5. The Morgan fingerprint density at radius 2 is 1.44 bits per heavy atom. The van der Waals surface area contributed by atoms with Gasteiger partial charge in [0.1, 0.15) is 5.82 Å². The zero-order valence-corrected chi connectivity index (χ0v) is 22.6. The van der Waals surface area contributed by atoms with E-state index >= 15 is 0 Å². The molecule has 0 unspecified atom stereocenters. The molecule has 4 heteroatoms. The number of aliphatic hydroxyl groups excluding tert-OH is 1. The number of aryl methyl sites for hydroxylation is 1. The molecule has 36 heavy (non-hydrogen) atoms. The molecular formula is C32H43FN2O. The molecule has 1 aliphatic heterocycles. The lowest BCUT2D eigenvalue weighted by Crippen LogP contribution is -2.27. The highest BCUT2D eigenvalue weighted by Gasteiger charge is 2.17. The molecule has 1 aliphatic rings. The van der Waals surface area contributed by atoms with Crippen LogP contribution < -0.4 is 5.32 Å². The number of piperidine rings is 1. The lowest BCUT2D eigenvalue weighted by molar-refractivity contribution is 0.279. The molecule has 0 bridgehead atoms. The number of para-hydroxylation sites is 1. The Morgan fingerprint density at radius 1 is 0.833 bits per heavy atom. The van der Waals surface area contributed by atoms with Crippen molar-refractivity contribution < 1.29 is 9.50 Å². The van der Waals surface area contributed by atoms with Gasteiger partial charge in [0.15, 0.2) is 0 Å². The van der Waals surface area contributed by atoms with Crippen LogP contribution in [0.5, 0.6) is 0 Å². The number of fused-ring (bicyclic) bond motifs is 1. The fourth-order valence-corrected chi connectivity index (χ4v) is 4.56. The summed E-state index contributed by atoms with van der Waals surface area (Å²) in [6.07, 6.45) is 5.51. The summed E-state index contributed by atoms with van der Waals surface area (Å²) in [4.78, 5) is 0. The van der Waals surface area contributed by atoms with E-state index in [9.17, 15) is 9.50 Å². The van der Waals surface area contributed by atoms with Crippen LogP contribution in [0.3, 0.4) is 0 Å². The van der Waals surface area contributed by atoms with Crippen molar-refractivity contribution >= 4 is 10.9 Å². The molecule has 2 N–H and O–H groups in total. The molecule has 0 aliphatic carbocycles. The van der Waals surface area contributed by atoms with Gasteiger partial charge in [-0.2, -0.15) is 0 Å². The highest BCUT2D eigenvalue weighted by molar-refractivity contribution is 5.85. The predicted molar refractivity (Wildman–Crippen MR) is 153 cm³/mol. The Hall–Kier alpha value is -2.95. The van der Waals surface area contributed by atoms with Gasteiger partial charge >= 0.3 is 0 Å². The average Bonchev–Trinajstić information content (AvgIpc) is 3.35. The van der Waals surface area contributed by atoms with Gasteiger partial charge < -0.3 is 15.0 Å². The summed E-state index contributed by atoms with van der Waals surface area (Å²) in [5.41, 5.74) is 5.92. The second-order valence-electron chi connectivity index (χ2n) is 8.25. The third-order valence-corrected chi connectivity index (χ3v) is 6.28. The molecule has 0 amide bonds. The molecule has 0 radical (unpaired) electrons. The molecule has 2 heterocycles. The summed E-state index contributed by atoms with van der Waals surface area (Å²) in [7, 11) is 0. The van der Waals surface area contributed by atoms with E-state index in [-0.39, 0.29) is 12.4 Å². The van der Waals surface area contributed by atoms with Crippen LogP contribution in [-0.4, -0.2) is 22.8 Å². The van der Waals surface area contributed by atoms with E-state index in [1.54, 1.807) is 12.1 Å². The zero-order chi connectivity index (χ0) is 26.3. The van der Waals surface area contributed by atoms with Gasteiger partial charge in [-0.3, -0.25) is 0 Å². The quantitative estimate of drug-likeness (QED) is 0.304. The predicted octanol–water partition coefficient (Wildman–Crippen LogP) is 8.03. The maximum atomic E-state index is 13.0. The molecule has 4 aromatic rings. The number of nitrogens with one attached hydrogen (secondary N) is 1. The van der Waals surface area contributed by atoms with Crippen molar-refractivity contribution in [2.45, 2.75) is 66.4 Å². The van der Waals surface area contributed by atoms with Crippen LogP contribution in [0.15, 0.2) is 79.0 Å². The summed E-state index contributed by atoms with van der Waals surface area (Å²) in [5, 5.41) is 13.9. The van der Waals surface area contributed by atoms with Crippen LogP contribution >= 0.6 is 0 Å². The summed E-state index contributed by atoms with van der Waals surface area (Å²) in [6, 6.07) is 23.2. The second kappa shape index (κ2) is 15.9. The Morgan fingerprint density at radius 3 is 2.08 bits per heavy atom. The number of halogens is 1. The van der Waals surface area contributed by atoms with Crippen molar-refractivity contribution in [3.8, 4) is 5.69 Å². The summed E-state index contributed by atoms with van der Waals surface area (Å²) >= 11 is 0. The third-order valence-electron chi connectivity index (χ3n) is 6.28. The maximum Gasteiger partial charge on any atom is 0.123 e. The molecule has 5 rings (SSSR count). The second-order valence-corrected chi connectivity index (χ2v) is 8.25. The van der Waals surface area contributed by atoms with Crippen molar-refractivity contribution in [3.05, 3.63) is 102 Å². The van der Waals surface area contributed by atoms with Gasteiger partial charge in [-0.05, 0) is 85.3 Å². The van der Waals surface area contributed by atoms with Gasteiger partial charge in [0.25, 0.3) is 0 Å². The molecule has 3 aromatic carbocycles. The van der Waals surface area contributed by atoms with Crippen molar-refractivity contribution in [1.82, 2.24) is 9.88 Å². The van der Waals surface area contributed by atoms with E-state index in [1.807, 2.05) is 45.9 Å². The summed E-state index contributed by atoms with van der Waals surface area (Å²) in [5.74, 6) is 0.436. The topological polar surface area (TPSA) is 37.2 Å². The minimum atomic E-state index is -0.203. The van der Waals surface area contributed by atoms with Crippen LogP contribution in [0.2, 0.25) is 0 Å². The van der Waals surface area contributed by atoms with Crippen molar-refractivity contribution in [3.63, 3.8) is 0 Å². The Bertz CT molecular complexity index is 1140. The van der Waals surface area contributed by atoms with E-state index in [2.05, 4.69) is 53.3 Å². The average molecular weight is 491 g/mol. The fourth-order valence-electron chi connectivity index (χ4n) is 4.56. The monoisotopic (exact) mass is 490 g/mol. The van der Waals surface area contributed by atoms with Crippen molar-refractivity contribution in [2.75, 3.05) is 13.1 Å². The first-order chi connectivity index (χ1) is 17.7. The number of aromatic nitrogens is 1. The first kappa shape index (κ1) is 29.3. The molecule has 1 aromatic heterocycles. The van der Waals surface area contributed by atoms with E-state index in [0.29, 0.717) is 5.92 Å². The van der Waals surface area contributed by atoms with Crippen molar-refractivity contribution in [1.29, 1.82) is 0 Å². The van der Waals surface area contributed by atoms with Gasteiger partial charge in [-0.15, -0.1) is 0 Å². The van der Waals surface area contributed by atoms with Crippen LogP contribution in [0.4, 0.5) is 4.39 Å². The molecule has 0 saturated carbocycles. The smallest absolute Gasteiger partial charge is 0.123 e. The maximum absolute atomic E-state index is 13.0. The molecule has 1 fully saturated rings.